The zero-order valence-corrected chi connectivity index (χ0v) is 21.9. The molecular weight excluding hydrogens is 496 g/mol. The van der Waals surface area contributed by atoms with Crippen LogP contribution in [0.5, 0.6) is 5.75 Å². The average Bonchev–Trinajstić information content (AvgIpc) is 3.33. The Bertz CT molecular complexity index is 1490. The summed E-state index contributed by atoms with van der Waals surface area (Å²) >= 11 is 1.93. The third kappa shape index (κ3) is 4.09. The predicted octanol–water partition coefficient (Wildman–Crippen LogP) is 4.67. The Hall–Kier alpha value is -3.59. The number of ether oxygens (including phenoxy) is 1. The molecule has 7 rings (SSSR count). The number of anilines is 1. The first-order valence-electron chi connectivity index (χ1n) is 13.3. The molecule has 1 unspecified atom stereocenters. The third-order valence-electron chi connectivity index (χ3n) is 8.16. The highest BCUT2D eigenvalue weighted by atomic mass is 32.2. The number of carbonyl (C=O) groups excluding carboxylic acids is 1. The first-order chi connectivity index (χ1) is 18.7. The number of nitrogen functional groups attached to an aromatic ring is 1. The van der Waals surface area contributed by atoms with Crippen molar-refractivity contribution >= 4 is 34.5 Å². The van der Waals surface area contributed by atoms with Crippen LogP contribution in [-0.4, -0.2) is 54.9 Å². The summed E-state index contributed by atoms with van der Waals surface area (Å²) in [5, 5.41) is 0.854. The van der Waals surface area contributed by atoms with Gasteiger partial charge in [0.1, 0.15) is 29.6 Å². The molecule has 2 fully saturated rings. The number of aromatic nitrogens is 4. The van der Waals surface area contributed by atoms with E-state index in [1.54, 1.807) is 0 Å². The van der Waals surface area contributed by atoms with Gasteiger partial charge in [0, 0.05) is 54.5 Å². The van der Waals surface area contributed by atoms with E-state index in [4.69, 9.17) is 10.5 Å². The van der Waals surface area contributed by atoms with Crippen molar-refractivity contribution in [2.24, 2.45) is 5.92 Å². The van der Waals surface area contributed by atoms with Gasteiger partial charge in [0.15, 0.2) is 0 Å². The van der Waals surface area contributed by atoms with Crippen LogP contribution >= 0.6 is 11.8 Å². The fourth-order valence-corrected chi connectivity index (χ4v) is 6.88. The number of hydrogen-bond acceptors (Lipinski definition) is 7. The van der Waals surface area contributed by atoms with Gasteiger partial charge in [0.05, 0.1) is 11.1 Å². The van der Waals surface area contributed by atoms with E-state index < -0.39 is 0 Å². The topological polar surface area (TPSA) is 99.2 Å². The molecule has 5 heterocycles. The minimum Gasteiger partial charge on any atom is -0.484 e. The van der Waals surface area contributed by atoms with Gasteiger partial charge in [-0.2, -0.15) is 11.8 Å². The van der Waals surface area contributed by atoms with E-state index in [-0.39, 0.29) is 18.1 Å². The van der Waals surface area contributed by atoms with Crippen LogP contribution in [-0.2, 0) is 11.2 Å². The molecule has 3 aliphatic rings. The van der Waals surface area contributed by atoms with E-state index in [2.05, 4.69) is 43.9 Å². The fourth-order valence-electron chi connectivity index (χ4n) is 5.98. The van der Waals surface area contributed by atoms with E-state index in [1.807, 2.05) is 41.1 Å². The standard InChI is InChI=1S/C29H30N6O2S/c30-27-26-22(19-5-4-18-6-7-24(37-25(18)15-19)23-3-1-2-8-31-23)16-35(28(26)33-17-32-27)21-13-20(14-21)29(36)34-9-11-38-12-10-34/h1-5,8,15-17,20-21,24H,6-7,9-14H2,(H2,30,32,33)/t20-,21+,24?. The monoisotopic (exact) mass is 526 g/mol. The maximum atomic E-state index is 13.0. The molecule has 2 aliphatic heterocycles. The Morgan fingerprint density at radius 1 is 1.08 bits per heavy atom. The van der Waals surface area contributed by atoms with Gasteiger partial charge < -0.3 is 19.9 Å². The number of nitrogens with zero attached hydrogens (tertiary/aromatic N) is 5. The van der Waals surface area contributed by atoms with Gasteiger partial charge in [-0.3, -0.25) is 9.78 Å². The maximum absolute atomic E-state index is 13.0. The summed E-state index contributed by atoms with van der Waals surface area (Å²) in [6, 6.07) is 12.6. The minimum absolute atomic E-state index is 0.0587. The second-order valence-corrected chi connectivity index (χ2v) is 11.6. The molecule has 2 N–H and O–H groups in total. The molecule has 8 nitrogen and oxygen atoms in total. The van der Waals surface area contributed by atoms with Crippen molar-refractivity contribution in [3.8, 4) is 16.9 Å². The molecule has 194 valence electrons. The number of aryl methyl sites for hydroxylation is 1. The molecule has 0 radical (unpaired) electrons. The lowest BCUT2D eigenvalue weighted by molar-refractivity contribution is -0.139. The van der Waals surface area contributed by atoms with E-state index in [9.17, 15) is 4.79 Å². The lowest BCUT2D eigenvalue weighted by atomic mass is 9.79. The van der Waals surface area contributed by atoms with E-state index in [0.29, 0.717) is 11.7 Å². The Balaban J connectivity index is 1.18. The third-order valence-corrected chi connectivity index (χ3v) is 9.10. The Kier molecular flexibility index (Phi) is 5.95. The van der Waals surface area contributed by atoms with Crippen LogP contribution < -0.4 is 10.5 Å². The van der Waals surface area contributed by atoms with Crippen molar-refractivity contribution < 1.29 is 9.53 Å². The lowest BCUT2D eigenvalue weighted by Gasteiger charge is -2.39. The quantitative estimate of drug-likeness (QED) is 0.413. The number of thioether (sulfide) groups is 1. The van der Waals surface area contributed by atoms with E-state index >= 15 is 0 Å². The number of carbonyl (C=O) groups is 1. The second kappa shape index (κ2) is 9.62. The summed E-state index contributed by atoms with van der Waals surface area (Å²) in [5.74, 6) is 3.82. The molecule has 1 saturated carbocycles. The summed E-state index contributed by atoms with van der Waals surface area (Å²) in [6.45, 7) is 1.74. The summed E-state index contributed by atoms with van der Waals surface area (Å²) in [4.78, 5) is 28.5. The van der Waals surface area contributed by atoms with Crippen LogP contribution in [0.1, 0.15) is 42.7 Å². The molecule has 1 atom stereocenters. The normalized spacial score (nSPS) is 22.9. The Morgan fingerprint density at radius 2 is 1.95 bits per heavy atom. The van der Waals surface area contributed by atoms with Crippen molar-refractivity contribution in [3.63, 3.8) is 0 Å². The molecule has 3 aromatic heterocycles. The number of fused-ring (bicyclic) bond motifs is 2. The zero-order valence-electron chi connectivity index (χ0n) is 21.1. The number of nitrogens with two attached hydrogens (primary N) is 1. The van der Waals surface area contributed by atoms with E-state index in [0.717, 1.165) is 83.9 Å². The predicted molar refractivity (Wildman–Crippen MR) is 149 cm³/mol. The van der Waals surface area contributed by atoms with Crippen LogP contribution in [0.25, 0.3) is 22.2 Å². The van der Waals surface area contributed by atoms with E-state index in [1.165, 1.54) is 11.9 Å². The van der Waals surface area contributed by atoms with Crippen molar-refractivity contribution in [2.45, 2.75) is 37.8 Å². The highest BCUT2D eigenvalue weighted by Crippen LogP contribution is 2.45. The van der Waals surface area contributed by atoms with Gasteiger partial charge in [-0.15, -0.1) is 0 Å². The van der Waals surface area contributed by atoms with Crippen molar-refractivity contribution in [1.82, 2.24) is 24.4 Å². The Labute approximate surface area is 225 Å². The first kappa shape index (κ1) is 23.5. The summed E-state index contributed by atoms with van der Waals surface area (Å²) < 4.78 is 8.64. The second-order valence-electron chi connectivity index (χ2n) is 10.4. The van der Waals surface area contributed by atoms with Crippen molar-refractivity contribution in [3.05, 3.63) is 66.4 Å². The number of amides is 1. The van der Waals surface area contributed by atoms with Crippen LogP contribution in [0, 0.1) is 5.92 Å². The maximum Gasteiger partial charge on any atom is 0.225 e. The van der Waals surface area contributed by atoms with Crippen molar-refractivity contribution in [2.75, 3.05) is 30.3 Å². The number of rotatable bonds is 4. The number of hydrogen-bond donors (Lipinski definition) is 1. The smallest absolute Gasteiger partial charge is 0.225 e. The molecule has 0 bridgehead atoms. The van der Waals surface area contributed by atoms with Gasteiger partial charge in [0.2, 0.25) is 5.91 Å². The molecule has 0 spiro atoms. The summed E-state index contributed by atoms with van der Waals surface area (Å²) in [6.07, 6.45) is 8.92. The lowest BCUT2D eigenvalue weighted by Crippen LogP contribution is -2.45. The fraction of sp³-hybridized carbons (Fsp3) is 0.379. The first-order valence-corrected chi connectivity index (χ1v) is 14.5. The molecule has 1 saturated heterocycles. The molecule has 38 heavy (non-hydrogen) atoms. The summed E-state index contributed by atoms with van der Waals surface area (Å²) in [5.41, 5.74) is 11.4. The van der Waals surface area contributed by atoms with Gasteiger partial charge in [-0.1, -0.05) is 18.2 Å². The van der Waals surface area contributed by atoms with Gasteiger partial charge in [0.25, 0.3) is 0 Å². The molecule has 1 aliphatic carbocycles. The van der Waals surface area contributed by atoms with Gasteiger partial charge in [-0.05, 0) is 55.0 Å². The average molecular weight is 527 g/mol. The highest BCUT2D eigenvalue weighted by molar-refractivity contribution is 7.99. The van der Waals surface area contributed by atoms with Gasteiger partial charge >= 0.3 is 0 Å². The van der Waals surface area contributed by atoms with Crippen LogP contribution in [0.2, 0.25) is 0 Å². The SMILES string of the molecule is Nc1ncnc2c1c(-c1ccc3c(c1)OC(c1ccccn1)CC3)cn2[C@H]1C[C@@H](C(=O)N2CCSCC2)C1. The highest BCUT2D eigenvalue weighted by Gasteiger charge is 2.39. The number of pyridine rings is 1. The zero-order chi connectivity index (χ0) is 25.6. The summed E-state index contributed by atoms with van der Waals surface area (Å²) in [7, 11) is 0. The molecule has 1 aromatic carbocycles. The molecule has 9 heteroatoms. The molecule has 4 aromatic rings. The number of benzene rings is 1. The van der Waals surface area contributed by atoms with Gasteiger partial charge in [-0.25, -0.2) is 9.97 Å². The van der Waals surface area contributed by atoms with Crippen LogP contribution in [0.15, 0.2) is 55.1 Å². The molecule has 1 amide bonds. The van der Waals surface area contributed by atoms with Crippen LogP contribution in [0.3, 0.4) is 0 Å². The Morgan fingerprint density at radius 3 is 2.76 bits per heavy atom. The van der Waals surface area contributed by atoms with Crippen molar-refractivity contribution in [1.29, 1.82) is 0 Å². The van der Waals surface area contributed by atoms with Crippen LogP contribution in [0.4, 0.5) is 5.82 Å². The molecular formula is C29H30N6O2S. The largest absolute Gasteiger partial charge is 0.484 e. The minimum atomic E-state index is -0.0587.